The van der Waals surface area contributed by atoms with Gasteiger partial charge in [-0.25, -0.2) is 15.1 Å². The van der Waals surface area contributed by atoms with E-state index in [0.717, 1.165) is 27.5 Å². The van der Waals surface area contributed by atoms with Crippen molar-refractivity contribution >= 4 is 23.2 Å². The molecule has 2 aromatic rings. The number of hydrazine groups is 1. The molecule has 0 radical (unpaired) electrons. The second-order valence-corrected chi connectivity index (χ2v) is 5.90. The lowest BCUT2D eigenvalue weighted by Crippen LogP contribution is -2.45. The summed E-state index contributed by atoms with van der Waals surface area (Å²) < 4.78 is 0. The minimum atomic E-state index is -0.456. The Balaban J connectivity index is 1.88. The molecule has 1 aliphatic rings. The Morgan fingerprint density at radius 3 is 2.28 bits per heavy atom. The number of nitrogens with zero attached hydrogens (tertiary/aromatic N) is 4. The number of nitrogens with one attached hydrogen (secondary N) is 1. The van der Waals surface area contributed by atoms with E-state index in [0.29, 0.717) is 12.3 Å². The molecule has 0 saturated carbocycles. The van der Waals surface area contributed by atoms with Gasteiger partial charge in [-0.2, -0.15) is 4.99 Å². The summed E-state index contributed by atoms with van der Waals surface area (Å²) in [6, 6.07) is 15.4. The first-order valence-corrected chi connectivity index (χ1v) is 8.00. The third-order valence-electron chi connectivity index (χ3n) is 3.82. The molecular formula is C18H19N5O2. The average Bonchev–Trinajstić information content (AvgIpc) is 2.59. The minimum Gasteiger partial charge on any atom is -0.321 e. The van der Waals surface area contributed by atoms with Crippen LogP contribution in [0.2, 0.25) is 0 Å². The van der Waals surface area contributed by atoms with Gasteiger partial charge in [0, 0.05) is 12.1 Å². The summed E-state index contributed by atoms with van der Waals surface area (Å²) in [5.41, 5.74) is 3.79. The molecule has 7 heteroatoms. The Labute approximate surface area is 145 Å². The lowest BCUT2D eigenvalue weighted by Gasteiger charge is -2.21. The number of rotatable bonds is 3. The predicted molar refractivity (Wildman–Crippen MR) is 98.8 cm³/mol. The van der Waals surface area contributed by atoms with Gasteiger partial charge in [-0.15, -0.1) is 0 Å². The number of anilines is 1. The van der Waals surface area contributed by atoms with Gasteiger partial charge in [-0.05, 0) is 38.1 Å². The van der Waals surface area contributed by atoms with Crippen LogP contribution in [0.15, 0.2) is 58.5 Å². The van der Waals surface area contributed by atoms with Gasteiger partial charge in [0.2, 0.25) is 0 Å². The maximum atomic E-state index is 11.3. The van der Waals surface area contributed by atoms with E-state index in [2.05, 4.69) is 15.3 Å². The molecule has 0 bridgehead atoms. The van der Waals surface area contributed by atoms with Gasteiger partial charge in [-0.3, -0.25) is 0 Å². The Morgan fingerprint density at radius 2 is 1.68 bits per heavy atom. The Morgan fingerprint density at radius 1 is 1.08 bits per heavy atom. The van der Waals surface area contributed by atoms with Crippen LogP contribution in [0.5, 0.6) is 0 Å². The topological polar surface area (TPSA) is 83.1 Å². The molecule has 128 valence electrons. The number of guanidine groups is 1. The van der Waals surface area contributed by atoms with Crippen LogP contribution in [0.4, 0.5) is 11.4 Å². The van der Waals surface area contributed by atoms with Crippen molar-refractivity contribution in [2.75, 3.05) is 11.9 Å². The summed E-state index contributed by atoms with van der Waals surface area (Å²) in [5, 5.41) is 14.9. The zero-order valence-corrected chi connectivity index (χ0v) is 14.1. The third kappa shape index (κ3) is 4.20. The molecule has 0 aliphatic carbocycles. The normalized spacial score (nSPS) is 15.8. The maximum absolute atomic E-state index is 11.3. The molecule has 0 atom stereocenters. The van der Waals surface area contributed by atoms with E-state index in [1.54, 1.807) is 0 Å². The molecule has 7 nitrogen and oxygen atoms in total. The van der Waals surface area contributed by atoms with E-state index < -0.39 is 5.03 Å². The first-order valence-electron chi connectivity index (χ1n) is 8.00. The van der Waals surface area contributed by atoms with Crippen LogP contribution in [0.3, 0.4) is 0 Å². The van der Waals surface area contributed by atoms with Crippen LogP contribution in [0.25, 0.3) is 0 Å². The summed E-state index contributed by atoms with van der Waals surface area (Å²) in [6.07, 6.45) is 0.411. The average molecular weight is 337 g/mol. The van der Waals surface area contributed by atoms with Crippen molar-refractivity contribution in [3.8, 4) is 0 Å². The highest BCUT2D eigenvalue weighted by atomic mass is 16.7. The van der Waals surface area contributed by atoms with Gasteiger partial charge in [0.15, 0.2) is 5.03 Å². The molecule has 0 aromatic heterocycles. The molecule has 3 rings (SSSR count). The highest BCUT2D eigenvalue weighted by Crippen LogP contribution is 2.17. The van der Waals surface area contributed by atoms with Gasteiger partial charge < -0.3 is 5.32 Å². The number of amidine groups is 1. The summed E-state index contributed by atoms with van der Waals surface area (Å²) >= 11 is 0. The van der Waals surface area contributed by atoms with Crippen molar-refractivity contribution in [1.82, 2.24) is 5.01 Å². The molecular weight excluding hydrogens is 318 g/mol. The van der Waals surface area contributed by atoms with Crippen molar-refractivity contribution in [2.45, 2.75) is 20.3 Å². The predicted octanol–water partition coefficient (Wildman–Crippen LogP) is 3.70. The van der Waals surface area contributed by atoms with E-state index >= 15 is 0 Å². The first-order chi connectivity index (χ1) is 12.0. The van der Waals surface area contributed by atoms with E-state index in [-0.39, 0.29) is 12.5 Å². The van der Waals surface area contributed by atoms with Crippen molar-refractivity contribution < 1.29 is 5.03 Å². The standard InChI is InChI=1S/C18H19N5O2/c1-13-3-7-15(8-4-13)19-17-11-12-22(23(24)25)18(21-17)20-16-9-5-14(2)6-10-16/h3-10H,11-12H2,1-2H3,(H,19,20,21). The van der Waals surface area contributed by atoms with Crippen LogP contribution < -0.4 is 5.32 Å². The summed E-state index contributed by atoms with van der Waals surface area (Å²) in [4.78, 5) is 20.1. The second kappa shape index (κ2) is 7.12. The van der Waals surface area contributed by atoms with Crippen molar-refractivity contribution in [1.29, 1.82) is 0 Å². The molecule has 0 unspecified atom stereocenters. The monoisotopic (exact) mass is 337 g/mol. The van der Waals surface area contributed by atoms with E-state index in [9.17, 15) is 10.1 Å². The summed E-state index contributed by atoms with van der Waals surface area (Å²) in [7, 11) is 0. The van der Waals surface area contributed by atoms with Crippen LogP contribution in [-0.2, 0) is 0 Å². The molecule has 1 aliphatic heterocycles. The van der Waals surface area contributed by atoms with Crippen molar-refractivity contribution in [3.63, 3.8) is 0 Å². The smallest absolute Gasteiger partial charge is 0.268 e. The van der Waals surface area contributed by atoms with Gasteiger partial charge >= 0.3 is 0 Å². The van der Waals surface area contributed by atoms with Crippen LogP contribution in [-0.4, -0.2) is 28.4 Å². The number of aliphatic imine (C=N–C) groups is 2. The van der Waals surface area contributed by atoms with Crippen LogP contribution in [0, 0.1) is 24.0 Å². The molecule has 0 fully saturated rings. The molecule has 1 N–H and O–H groups in total. The maximum Gasteiger partial charge on any atom is 0.268 e. The SMILES string of the molecule is Cc1ccc(N=C2CCN([N+](=O)[O-])C(Nc3ccc(C)cc3)=N2)cc1. The fraction of sp³-hybridized carbons (Fsp3) is 0.222. The first kappa shape index (κ1) is 16.6. The Hall–Kier alpha value is -3.22. The molecule has 0 spiro atoms. The third-order valence-corrected chi connectivity index (χ3v) is 3.82. The van der Waals surface area contributed by atoms with Crippen LogP contribution >= 0.6 is 0 Å². The quantitative estimate of drug-likeness (QED) is 0.684. The van der Waals surface area contributed by atoms with E-state index in [1.165, 1.54) is 0 Å². The Bertz CT molecular complexity index is 826. The highest BCUT2D eigenvalue weighted by Gasteiger charge is 2.27. The molecule has 0 saturated heterocycles. The molecule has 0 amide bonds. The number of benzene rings is 2. The largest absolute Gasteiger partial charge is 0.321 e. The number of hydrogen-bond donors (Lipinski definition) is 1. The molecule has 2 aromatic carbocycles. The lowest BCUT2D eigenvalue weighted by atomic mass is 10.2. The van der Waals surface area contributed by atoms with Gasteiger partial charge in [0.05, 0.1) is 12.2 Å². The second-order valence-electron chi connectivity index (χ2n) is 5.90. The zero-order valence-electron chi connectivity index (χ0n) is 14.1. The van der Waals surface area contributed by atoms with E-state index in [4.69, 9.17) is 0 Å². The number of aryl methyl sites for hydroxylation is 2. The van der Waals surface area contributed by atoms with Crippen LogP contribution in [0.1, 0.15) is 17.5 Å². The van der Waals surface area contributed by atoms with Gasteiger partial charge in [0.1, 0.15) is 5.84 Å². The lowest BCUT2D eigenvalue weighted by molar-refractivity contribution is -0.629. The summed E-state index contributed by atoms with van der Waals surface area (Å²) in [5.74, 6) is 0.738. The van der Waals surface area contributed by atoms with Gasteiger partial charge in [-0.1, -0.05) is 40.4 Å². The highest BCUT2D eigenvalue weighted by molar-refractivity contribution is 6.04. The fourth-order valence-electron chi connectivity index (χ4n) is 2.41. The fourth-order valence-corrected chi connectivity index (χ4v) is 2.41. The zero-order chi connectivity index (χ0) is 17.8. The van der Waals surface area contributed by atoms with Crippen molar-refractivity contribution in [3.05, 3.63) is 69.8 Å². The minimum absolute atomic E-state index is 0.172. The Kier molecular flexibility index (Phi) is 4.74. The van der Waals surface area contributed by atoms with Gasteiger partial charge in [0.25, 0.3) is 5.96 Å². The molecule has 25 heavy (non-hydrogen) atoms. The van der Waals surface area contributed by atoms with Crippen molar-refractivity contribution in [2.24, 2.45) is 9.98 Å². The number of nitro groups is 1. The molecule has 1 heterocycles. The van der Waals surface area contributed by atoms with E-state index in [1.807, 2.05) is 62.4 Å². The summed E-state index contributed by atoms with van der Waals surface area (Å²) in [6.45, 7) is 4.21. The number of hydrogen-bond acceptors (Lipinski definition) is 4.